The molecule has 1 aromatic carbocycles. The first-order chi connectivity index (χ1) is 15.3. The Bertz CT molecular complexity index is 1370. The summed E-state index contributed by atoms with van der Waals surface area (Å²) in [5.41, 5.74) is 4.86. The van der Waals surface area contributed by atoms with Crippen LogP contribution in [-0.2, 0) is 0 Å². The molecule has 0 radical (unpaired) electrons. The molecule has 3 aromatic heterocycles. The van der Waals surface area contributed by atoms with Gasteiger partial charge >= 0.3 is 5.63 Å². The lowest BCUT2D eigenvalue weighted by atomic mass is 9.99. The van der Waals surface area contributed by atoms with Crippen LogP contribution < -0.4 is 10.5 Å². The third-order valence-corrected chi connectivity index (χ3v) is 6.55. The zero-order valence-corrected chi connectivity index (χ0v) is 19.3. The molecule has 1 unspecified atom stereocenters. The van der Waals surface area contributed by atoms with Crippen molar-refractivity contribution in [3.63, 3.8) is 0 Å². The lowest BCUT2D eigenvalue weighted by Gasteiger charge is -2.42. The summed E-state index contributed by atoms with van der Waals surface area (Å²) in [7, 11) is 2.20. The van der Waals surface area contributed by atoms with Gasteiger partial charge in [-0.05, 0) is 45.0 Å². The van der Waals surface area contributed by atoms with Crippen molar-refractivity contribution in [3.05, 3.63) is 58.5 Å². The van der Waals surface area contributed by atoms with Gasteiger partial charge in [-0.1, -0.05) is 13.8 Å². The maximum absolute atomic E-state index is 12.9. The van der Waals surface area contributed by atoms with Gasteiger partial charge in [0.2, 0.25) is 0 Å². The van der Waals surface area contributed by atoms with E-state index in [-0.39, 0.29) is 5.63 Å². The average Bonchev–Trinajstić information content (AvgIpc) is 3.17. The number of piperazine rings is 1. The van der Waals surface area contributed by atoms with Gasteiger partial charge in [-0.25, -0.2) is 9.78 Å². The fraction of sp³-hybridized carbons (Fsp3) is 0.400. The molecule has 0 saturated carbocycles. The van der Waals surface area contributed by atoms with E-state index in [1.54, 1.807) is 0 Å². The summed E-state index contributed by atoms with van der Waals surface area (Å²) in [6.45, 7) is 11.3. The zero-order chi connectivity index (χ0) is 22.6. The molecule has 5 rings (SSSR count). The molecule has 4 heterocycles. The molecular weight excluding hydrogens is 402 g/mol. The van der Waals surface area contributed by atoms with Crippen LogP contribution in [-0.4, -0.2) is 52.0 Å². The number of imidazole rings is 1. The predicted molar refractivity (Wildman–Crippen MR) is 127 cm³/mol. The number of aromatic nitrogens is 3. The quantitative estimate of drug-likeness (QED) is 0.459. The molecule has 1 aliphatic rings. The maximum Gasteiger partial charge on any atom is 0.345 e. The Kier molecular flexibility index (Phi) is 5.01. The molecule has 32 heavy (non-hydrogen) atoms. The topological polar surface area (TPSA) is 66.9 Å². The molecule has 0 aliphatic carbocycles. The number of hydrogen-bond donors (Lipinski definition) is 0. The number of hydrogen-bond acceptors (Lipinski definition) is 6. The molecule has 1 aliphatic heterocycles. The van der Waals surface area contributed by atoms with E-state index in [0.717, 1.165) is 47.7 Å². The van der Waals surface area contributed by atoms with Crippen LogP contribution in [0.3, 0.4) is 0 Å². The van der Waals surface area contributed by atoms with E-state index >= 15 is 0 Å². The van der Waals surface area contributed by atoms with E-state index in [0.29, 0.717) is 28.8 Å². The van der Waals surface area contributed by atoms with E-state index in [9.17, 15) is 4.79 Å². The lowest BCUT2D eigenvalue weighted by molar-refractivity contribution is 0.173. The number of nitrogens with zero attached hydrogens (tertiary/aromatic N) is 5. The van der Waals surface area contributed by atoms with E-state index in [4.69, 9.17) is 4.42 Å². The van der Waals surface area contributed by atoms with Crippen LogP contribution in [0.5, 0.6) is 0 Å². The van der Waals surface area contributed by atoms with Crippen molar-refractivity contribution in [2.24, 2.45) is 5.92 Å². The summed E-state index contributed by atoms with van der Waals surface area (Å²) in [5.74, 6) is 0.580. The molecule has 7 nitrogen and oxygen atoms in total. The van der Waals surface area contributed by atoms with Crippen molar-refractivity contribution in [2.45, 2.75) is 33.7 Å². The van der Waals surface area contributed by atoms with E-state index in [2.05, 4.69) is 46.7 Å². The van der Waals surface area contributed by atoms with Crippen LogP contribution in [0.2, 0.25) is 0 Å². The molecule has 1 saturated heterocycles. The lowest BCUT2D eigenvalue weighted by Crippen LogP contribution is -2.53. The van der Waals surface area contributed by atoms with Crippen LogP contribution in [0.25, 0.3) is 27.9 Å². The minimum Gasteiger partial charge on any atom is -0.422 e. The van der Waals surface area contributed by atoms with Crippen LogP contribution in [0.4, 0.5) is 5.69 Å². The van der Waals surface area contributed by atoms with Gasteiger partial charge in [-0.2, -0.15) is 0 Å². The smallest absolute Gasteiger partial charge is 0.345 e. The van der Waals surface area contributed by atoms with Gasteiger partial charge in [0, 0.05) is 55.2 Å². The summed E-state index contributed by atoms with van der Waals surface area (Å²) in [6, 6.07) is 8.53. The zero-order valence-electron chi connectivity index (χ0n) is 19.3. The Balaban J connectivity index is 1.52. The molecule has 7 heteroatoms. The van der Waals surface area contributed by atoms with Crippen LogP contribution in [0, 0.1) is 19.8 Å². The molecule has 0 spiro atoms. The first kappa shape index (κ1) is 20.7. The monoisotopic (exact) mass is 431 g/mol. The van der Waals surface area contributed by atoms with Crippen molar-refractivity contribution in [3.8, 4) is 11.3 Å². The van der Waals surface area contributed by atoms with E-state index in [1.165, 1.54) is 0 Å². The summed E-state index contributed by atoms with van der Waals surface area (Å²) in [6.07, 6.45) is 3.77. The van der Waals surface area contributed by atoms with Crippen LogP contribution >= 0.6 is 0 Å². The van der Waals surface area contributed by atoms with E-state index in [1.807, 2.05) is 48.8 Å². The molecular formula is C25H29N5O2. The Labute approximate surface area is 187 Å². The van der Waals surface area contributed by atoms with Crippen LogP contribution in [0.15, 0.2) is 45.9 Å². The summed E-state index contributed by atoms with van der Waals surface area (Å²) in [4.78, 5) is 26.8. The second-order valence-electron chi connectivity index (χ2n) is 9.23. The maximum atomic E-state index is 12.9. The molecule has 0 N–H and O–H groups in total. The Morgan fingerprint density at radius 1 is 1.09 bits per heavy atom. The van der Waals surface area contributed by atoms with Gasteiger partial charge in [0.15, 0.2) is 5.65 Å². The third kappa shape index (κ3) is 3.56. The standard InChI is InChI=1S/C25H29N5O2/c1-15(2)22-14-29(9-8-28(22)5)19-7-6-18-10-20(25(31)32-23(18)11-19)21-13-30-12-16(3)26-17(4)24(30)27-21/h6-7,10-13,15,22H,8-9,14H2,1-5H3. The second-order valence-corrected chi connectivity index (χ2v) is 9.23. The first-order valence-electron chi connectivity index (χ1n) is 11.2. The second kappa shape index (κ2) is 7.74. The predicted octanol–water partition coefficient (Wildman–Crippen LogP) is 3.90. The SMILES string of the molecule is Cc1cn2cc(-c3cc4ccc(N5CCN(C)C(C(C)C)C5)cc4oc3=O)nc2c(C)n1. The van der Waals surface area contributed by atoms with Crippen molar-refractivity contribution < 1.29 is 4.42 Å². The number of fused-ring (bicyclic) bond motifs is 2. The fourth-order valence-electron chi connectivity index (χ4n) is 4.76. The molecule has 0 bridgehead atoms. The minimum absolute atomic E-state index is 0.376. The highest BCUT2D eigenvalue weighted by atomic mass is 16.4. The highest BCUT2D eigenvalue weighted by molar-refractivity contribution is 5.84. The van der Waals surface area contributed by atoms with Crippen molar-refractivity contribution in [1.29, 1.82) is 0 Å². The van der Waals surface area contributed by atoms with Crippen molar-refractivity contribution in [2.75, 3.05) is 31.6 Å². The van der Waals surface area contributed by atoms with Gasteiger partial charge < -0.3 is 13.7 Å². The number of anilines is 1. The summed E-state index contributed by atoms with van der Waals surface area (Å²) in [5, 5.41) is 0.890. The largest absolute Gasteiger partial charge is 0.422 e. The number of likely N-dealkylation sites (N-methyl/N-ethyl adjacent to an activating group) is 1. The van der Waals surface area contributed by atoms with Gasteiger partial charge in [0.05, 0.1) is 22.6 Å². The molecule has 1 atom stereocenters. The van der Waals surface area contributed by atoms with Gasteiger partial charge in [0.1, 0.15) is 5.58 Å². The fourth-order valence-corrected chi connectivity index (χ4v) is 4.76. The van der Waals surface area contributed by atoms with Gasteiger partial charge in [-0.15, -0.1) is 0 Å². The van der Waals surface area contributed by atoms with Crippen molar-refractivity contribution >= 4 is 22.3 Å². The molecule has 4 aromatic rings. The minimum atomic E-state index is -0.376. The Hall–Kier alpha value is -3.19. The van der Waals surface area contributed by atoms with E-state index < -0.39 is 0 Å². The number of benzene rings is 1. The molecule has 0 amide bonds. The Morgan fingerprint density at radius 2 is 1.91 bits per heavy atom. The number of aryl methyl sites for hydroxylation is 2. The van der Waals surface area contributed by atoms with Crippen LogP contribution in [0.1, 0.15) is 25.2 Å². The first-order valence-corrected chi connectivity index (χ1v) is 11.2. The normalized spacial score (nSPS) is 17.7. The average molecular weight is 432 g/mol. The summed E-state index contributed by atoms with van der Waals surface area (Å²) >= 11 is 0. The molecule has 166 valence electrons. The highest BCUT2D eigenvalue weighted by Gasteiger charge is 2.27. The van der Waals surface area contributed by atoms with Crippen molar-refractivity contribution in [1.82, 2.24) is 19.3 Å². The number of rotatable bonds is 3. The summed E-state index contributed by atoms with van der Waals surface area (Å²) < 4.78 is 7.68. The third-order valence-electron chi connectivity index (χ3n) is 6.55. The highest BCUT2D eigenvalue weighted by Crippen LogP contribution is 2.27. The molecule has 1 fully saturated rings. The Morgan fingerprint density at radius 3 is 2.69 bits per heavy atom. The van der Waals surface area contributed by atoms with Gasteiger partial charge in [0.25, 0.3) is 0 Å². The van der Waals surface area contributed by atoms with Gasteiger partial charge in [-0.3, -0.25) is 9.88 Å².